The third kappa shape index (κ3) is 2.49. The van der Waals surface area contributed by atoms with E-state index in [1.807, 2.05) is 30.3 Å². The van der Waals surface area contributed by atoms with Crippen molar-refractivity contribution in [2.24, 2.45) is 7.05 Å². The van der Waals surface area contributed by atoms with Gasteiger partial charge in [0.05, 0.1) is 0 Å². The molecule has 0 saturated heterocycles. The Morgan fingerprint density at radius 3 is 2.65 bits per heavy atom. The average molecular weight is 296 g/mol. The highest BCUT2D eigenvalue weighted by atomic mass is 79.9. The van der Waals surface area contributed by atoms with Gasteiger partial charge >= 0.3 is 5.69 Å². The molecule has 0 radical (unpaired) electrons. The maximum Gasteiger partial charge on any atom is 0.345 e. The van der Waals surface area contributed by atoms with Crippen LogP contribution in [-0.4, -0.2) is 19.7 Å². The van der Waals surface area contributed by atoms with Gasteiger partial charge in [-0.05, 0) is 6.42 Å². The molecule has 0 fully saturated rings. The van der Waals surface area contributed by atoms with Crippen LogP contribution in [0.15, 0.2) is 35.1 Å². The quantitative estimate of drug-likeness (QED) is 0.810. The fourth-order valence-corrected chi connectivity index (χ4v) is 1.93. The summed E-state index contributed by atoms with van der Waals surface area (Å²) in [7, 11) is 1.75. The minimum Gasteiger partial charge on any atom is -0.278 e. The lowest BCUT2D eigenvalue weighted by Crippen LogP contribution is -2.23. The van der Waals surface area contributed by atoms with Crippen molar-refractivity contribution < 1.29 is 0 Å². The van der Waals surface area contributed by atoms with Crippen LogP contribution in [0.3, 0.4) is 0 Å². The molecular weight excluding hydrogens is 282 g/mol. The van der Waals surface area contributed by atoms with E-state index in [-0.39, 0.29) is 5.69 Å². The number of nitrogens with zero attached hydrogens (tertiary/aromatic N) is 3. The largest absolute Gasteiger partial charge is 0.345 e. The predicted molar refractivity (Wildman–Crippen MR) is 71.3 cm³/mol. The molecule has 1 aromatic carbocycles. The highest BCUT2D eigenvalue weighted by Gasteiger charge is 2.10. The molecule has 0 aliphatic heterocycles. The summed E-state index contributed by atoms with van der Waals surface area (Å²) in [6.07, 6.45) is 0.894. The maximum atomic E-state index is 11.9. The van der Waals surface area contributed by atoms with Crippen molar-refractivity contribution in [3.63, 3.8) is 0 Å². The predicted octanol–water partition coefficient (Wildman–Crippen LogP) is 2.03. The highest BCUT2D eigenvalue weighted by Crippen LogP contribution is 2.13. The minimum atomic E-state index is -0.0650. The lowest BCUT2D eigenvalue weighted by molar-refractivity contribution is 0.579. The lowest BCUT2D eigenvalue weighted by atomic mass is 10.2. The van der Waals surface area contributed by atoms with Crippen LogP contribution in [0.4, 0.5) is 0 Å². The van der Waals surface area contributed by atoms with Crippen molar-refractivity contribution in [3.05, 3.63) is 40.8 Å². The van der Waals surface area contributed by atoms with Gasteiger partial charge in [-0.25, -0.2) is 9.48 Å². The van der Waals surface area contributed by atoms with Gasteiger partial charge < -0.3 is 0 Å². The Labute approximate surface area is 108 Å². The van der Waals surface area contributed by atoms with Crippen LogP contribution in [0.5, 0.6) is 0 Å². The number of hydrogen-bond donors (Lipinski definition) is 0. The van der Waals surface area contributed by atoms with Crippen molar-refractivity contribution in [2.45, 2.75) is 13.0 Å². The monoisotopic (exact) mass is 295 g/mol. The molecule has 1 aromatic heterocycles. The number of rotatable bonds is 4. The maximum absolute atomic E-state index is 11.9. The Morgan fingerprint density at radius 2 is 2.00 bits per heavy atom. The van der Waals surface area contributed by atoms with Gasteiger partial charge in [-0.1, -0.05) is 46.3 Å². The molecule has 0 unspecified atom stereocenters. The summed E-state index contributed by atoms with van der Waals surface area (Å²) >= 11 is 3.35. The van der Waals surface area contributed by atoms with E-state index in [0.29, 0.717) is 12.4 Å². The van der Waals surface area contributed by atoms with Gasteiger partial charge in [-0.15, -0.1) is 5.10 Å². The zero-order valence-corrected chi connectivity index (χ0v) is 11.2. The van der Waals surface area contributed by atoms with Crippen LogP contribution in [0.1, 0.15) is 6.42 Å². The van der Waals surface area contributed by atoms with E-state index in [4.69, 9.17) is 0 Å². The van der Waals surface area contributed by atoms with E-state index < -0.39 is 0 Å². The zero-order valence-electron chi connectivity index (χ0n) is 9.64. The topological polar surface area (TPSA) is 39.8 Å². The Bertz CT molecular complexity index is 545. The summed E-state index contributed by atoms with van der Waals surface area (Å²) in [5, 5.41) is 5.24. The van der Waals surface area contributed by atoms with Crippen LogP contribution in [0.2, 0.25) is 0 Å². The number of hydrogen-bond acceptors (Lipinski definition) is 2. The molecule has 2 aromatic rings. The van der Waals surface area contributed by atoms with Gasteiger partial charge in [0.15, 0.2) is 5.82 Å². The van der Waals surface area contributed by atoms with Crippen molar-refractivity contribution in [1.82, 2.24) is 14.3 Å². The molecule has 1 heterocycles. The molecule has 90 valence electrons. The molecule has 0 amide bonds. The van der Waals surface area contributed by atoms with Crippen LogP contribution < -0.4 is 5.69 Å². The molecule has 0 atom stereocenters. The molecule has 0 aliphatic rings. The Balaban J connectivity index is 2.40. The zero-order chi connectivity index (χ0) is 12.3. The van der Waals surface area contributed by atoms with Crippen LogP contribution in [0.25, 0.3) is 11.4 Å². The van der Waals surface area contributed by atoms with E-state index in [2.05, 4.69) is 21.0 Å². The molecular formula is C12H14BrN3O. The summed E-state index contributed by atoms with van der Waals surface area (Å²) in [6.45, 7) is 0.644. The third-order valence-electron chi connectivity index (χ3n) is 2.58. The fourth-order valence-electron chi connectivity index (χ4n) is 1.68. The SMILES string of the molecule is Cn1c(-c2ccccc2)nn(CCCBr)c1=O. The van der Waals surface area contributed by atoms with Crippen molar-refractivity contribution in [3.8, 4) is 11.4 Å². The normalized spacial score (nSPS) is 10.7. The van der Waals surface area contributed by atoms with Gasteiger partial charge in [-0.2, -0.15) is 0 Å². The molecule has 2 rings (SSSR count). The van der Waals surface area contributed by atoms with Gasteiger partial charge in [0.2, 0.25) is 0 Å². The smallest absolute Gasteiger partial charge is 0.278 e. The van der Waals surface area contributed by atoms with E-state index in [0.717, 1.165) is 17.3 Å². The summed E-state index contributed by atoms with van der Waals surface area (Å²) in [5.74, 6) is 0.713. The second-order valence-corrected chi connectivity index (χ2v) is 4.59. The van der Waals surface area contributed by atoms with Crippen molar-refractivity contribution in [1.29, 1.82) is 0 Å². The first-order valence-corrected chi connectivity index (χ1v) is 6.61. The molecule has 0 bridgehead atoms. The average Bonchev–Trinajstić information content (AvgIpc) is 2.65. The molecule has 0 spiro atoms. The van der Waals surface area contributed by atoms with Gasteiger partial charge in [0, 0.05) is 24.5 Å². The van der Waals surface area contributed by atoms with Crippen LogP contribution >= 0.6 is 15.9 Å². The van der Waals surface area contributed by atoms with Crippen LogP contribution in [-0.2, 0) is 13.6 Å². The first kappa shape index (κ1) is 12.1. The Hall–Kier alpha value is -1.36. The number of alkyl halides is 1. The minimum absolute atomic E-state index is 0.0650. The Kier molecular flexibility index (Phi) is 3.78. The number of halogens is 1. The molecule has 0 N–H and O–H groups in total. The fraction of sp³-hybridized carbons (Fsp3) is 0.333. The summed E-state index contributed by atoms with van der Waals surface area (Å²) in [6, 6.07) is 9.74. The third-order valence-corrected chi connectivity index (χ3v) is 3.14. The van der Waals surface area contributed by atoms with Crippen LogP contribution in [0, 0.1) is 0 Å². The van der Waals surface area contributed by atoms with Crippen molar-refractivity contribution >= 4 is 15.9 Å². The number of aryl methyl sites for hydroxylation is 1. The number of aromatic nitrogens is 3. The first-order valence-electron chi connectivity index (χ1n) is 5.49. The Morgan fingerprint density at radius 1 is 1.29 bits per heavy atom. The van der Waals surface area contributed by atoms with Crippen molar-refractivity contribution in [2.75, 3.05) is 5.33 Å². The van der Waals surface area contributed by atoms with E-state index in [9.17, 15) is 4.79 Å². The number of benzene rings is 1. The summed E-state index contributed by atoms with van der Waals surface area (Å²) < 4.78 is 3.10. The summed E-state index contributed by atoms with van der Waals surface area (Å²) in [4.78, 5) is 11.9. The van der Waals surface area contributed by atoms with E-state index in [1.54, 1.807) is 11.6 Å². The van der Waals surface area contributed by atoms with E-state index >= 15 is 0 Å². The standard InChI is InChI=1S/C12H14BrN3O/c1-15-11(10-6-3-2-4-7-10)14-16(12(15)17)9-5-8-13/h2-4,6-7H,5,8-9H2,1H3. The van der Waals surface area contributed by atoms with Gasteiger partial charge in [0.1, 0.15) is 0 Å². The molecule has 0 saturated carbocycles. The van der Waals surface area contributed by atoms with Gasteiger partial charge in [-0.3, -0.25) is 4.57 Å². The molecule has 0 aliphatic carbocycles. The molecule has 17 heavy (non-hydrogen) atoms. The lowest BCUT2D eigenvalue weighted by Gasteiger charge is -1.97. The second kappa shape index (κ2) is 5.31. The van der Waals surface area contributed by atoms with Gasteiger partial charge in [0.25, 0.3) is 0 Å². The first-order chi connectivity index (χ1) is 8.24. The highest BCUT2D eigenvalue weighted by molar-refractivity contribution is 9.09. The van der Waals surface area contributed by atoms with E-state index in [1.165, 1.54) is 4.68 Å². The molecule has 4 nitrogen and oxygen atoms in total. The second-order valence-electron chi connectivity index (χ2n) is 3.80. The molecule has 5 heteroatoms. The summed E-state index contributed by atoms with van der Waals surface area (Å²) in [5.41, 5.74) is 0.898.